The van der Waals surface area contributed by atoms with Gasteiger partial charge in [0.25, 0.3) is 10.0 Å². The van der Waals surface area contributed by atoms with Gasteiger partial charge >= 0.3 is 0 Å². The van der Waals surface area contributed by atoms with E-state index in [1.54, 1.807) is 25.3 Å². The Morgan fingerprint density at radius 3 is 2.43 bits per heavy atom. The van der Waals surface area contributed by atoms with Crippen LogP contribution < -0.4 is 14.4 Å². The van der Waals surface area contributed by atoms with E-state index in [0.717, 1.165) is 41.6 Å². The highest BCUT2D eigenvalue weighted by molar-refractivity contribution is 7.92. The molecule has 0 atom stereocenters. The molecule has 0 unspecified atom stereocenters. The number of ether oxygens (including phenoxy) is 1. The molecular weight excluding hydrogens is 376 g/mol. The molecule has 7 heteroatoms. The zero-order valence-corrected chi connectivity index (χ0v) is 17.1. The summed E-state index contributed by atoms with van der Waals surface area (Å²) in [5.74, 6) is 1.05. The number of nitrogens with one attached hydrogen (secondary N) is 1. The Morgan fingerprint density at radius 2 is 1.82 bits per heavy atom. The highest BCUT2D eigenvalue weighted by Crippen LogP contribution is 2.37. The third kappa shape index (κ3) is 3.35. The first kappa shape index (κ1) is 18.8. The first-order valence-corrected chi connectivity index (χ1v) is 10.9. The van der Waals surface area contributed by atoms with Gasteiger partial charge in [-0.25, -0.2) is 8.42 Å². The van der Waals surface area contributed by atoms with Crippen LogP contribution in [-0.4, -0.2) is 28.0 Å². The van der Waals surface area contributed by atoms with Gasteiger partial charge in [-0.2, -0.15) is 0 Å². The Bertz CT molecular complexity index is 1040. The van der Waals surface area contributed by atoms with E-state index in [1.165, 1.54) is 0 Å². The molecule has 1 fully saturated rings. The molecule has 0 radical (unpaired) electrons. The van der Waals surface area contributed by atoms with Gasteiger partial charge in [-0.3, -0.25) is 9.52 Å². The lowest BCUT2D eigenvalue weighted by molar-refractivity contribution is -0.119. The molecule has 1 aliphatic heterocycles. The summed E-state index contributed by atoms with van der Waals surface area (Å²) in [6.07, 6.45) is 2.69. The summed E-state index contributed by atoms with van der Waals surface area (Å²) >= 11 is 0. The summed E-state index contributed by atoms with van der Waals surface area (Å²) in [5.41, 5.74) is 3.94. The van der Waals surface area contributed by atoms with Crippen LogP contribution in [0.5, 0.6) is 5.75 Å². The number of rotatable bonds is 5. The number of amides is 1. The van der Waals surface area contributed by atoms with Crippen LogP contribution >= 0.6 is 0 Å². The van der Waals surface area contributed by atoms with Crippen molar-refractivity contribution in [2.45, 2.75) is 38.0 Å². The fourth-order valence-corrected chi connectivity index (χ4v) is 5.07. The van der Waals surface area contributed by atoms with Gasteiger partial charge in [0.2, 0.25) is 5.91 Å². The summed E-state index contributed by atoms with van der Waals surface area (Å²) in [7, 11) is -2.15. The van der Waals surface area contributed by atoms with Crippen molar-refractivity contribution in [2.75, 3.05) is 23.3 Å². The molecule has 0 aromatic heterocycles. The lowest BCUT2D eigenvalue weighted by Crippen LogP contribution is -2.30. The molecule has 2 aliphatic rings. The minimum absolute atomic E-state index is 0.172. The van der Waals surface area contributed by atoms with Gasteiger partial charge in [0, 0.05) is 23.8 Å². The van der Waals surface area contributed by atoms with E-state index in [4.69, 9.17) is 4.74 Å². The Morgan fingerprint density at radius 1 is 1.14 bits per heavy atom. The third-order valence-corrected chi connectivity index (χ3v) is 6.73. The molecule has 1 amide bonds. The van der Waals surface area contributed by atoms with E-state index in [9.17, 15) is 13.2 Å². The first-order chi connectivity index (χ1) is 13.3. The SMILES string of the molecule is COc1c(C)cc(S(=O)(=O)Nc2ccc3c(c2)CCN3C(=O)C2CC2)cc1C. The van der Waals surface area contributed by atoms with Crippen molar-refractivity contribution in [3.05, 3.63) is 47.0 Å². The molecule has 0 saturated heterocycles. The second-order valence-electron chi connectivity index (χ2n) is 7.55. The summed E-state index contributed by atoms with van der Waals surface area (Å²) in [5, 5.41) is 0. The van der Waals surface area contributed by atoms with Gasteiger partial charge in [0.15, 0.2) is 0 Å². The number of hydrogen-bond donors (Lipinski definition) is 1. The molecule has 0 spiro atoms. The summed E-state index contributed by atoms with van der Waals surface area (Å²) in [4.78, 5) is 14.4. The maximum atomic E-state index is 12.9. The maximum absolute atomic E-state index is 12.9. The van der Waals surface area contributed by atoms with Gasteiger partial charge in [-0.15, -0.1) is 0 Å². The van der Waals surface area contributed by atoms with Crippen molar-refractivity contribution in [1.29, 1.82) is 0 Å². The predicted molar refractivity (Wildman–Crippen MR) is 108 cm³/mol. The Balaban J connectivity index is 1.58. The van der Waals surface area contributed by atoms with Crippen LogP contribution in [0.2, 0.25) is 0 Å². The molecule has 4 rings (SSSR count). The molecule has 6 nitrogen and oxygen atoms in total. The quantitative estimate of drug-likeness (QED) is 0.835. The zero-order valence-electron chi connectivity index (χ0n) is 16.3. The fourth-order valence-electron chi connectivity index (χ4n) is 3.85. The van der Waals surface area contributed by atoms with E-state index in [0.29, 0.717) is 18.0 Å². The number of sulfonamides is 1. The number of anilines is 2. The average molecular weight is 401 g/mol. The molecule has 28 heavy (non-hydrogen) atoms. The van der Waals surface area contributed by atoms with Crippen LogP contribution in [0.3, 0.4) is 0 Å². The molecule has 1 saturated carbocycles. The number of carbonyl (C=O) groups is 1. The molecule has 2 aromatic carbocycles. The first-order valence-electron chi connectivity index (χ1n) is 9.42. The van der Waals surface area contributed by atoms with E-state index in [2.05, 4.69) is 4.72 Å². The van der Waals surface area contributed by atoms with Gasteiger partial charge in [-0.05, 0) is 80.1 Å². The zero-order chi connectivity index (χ0) is 20.1. The summed E-state index contributed by atoms with van der Waals surface area (Å²) in [6, 6.07) is 8.61. The smallest absolute Gasteiger partial charge is 0.261 e. The lowest BCUT2D eigenvalue weighted by Gasteiger charge is -2.17. The summed E-state index contributed by atoms with van der Waals surface area (Å²) in [6.45, 7) is 4.31. The number of fused-ring (bicyclic) bond motifs is 1. The van der Waals surface area contributed by atoms with Crippen molar-refractivity contribution in [2.24, 2.45) is 5.92 Å². The van der Waals surface area contributed by atoms with Crippen molar-refractivity contribution >= 4 is 27.3 Å². The molecule has 0 bridgehead atoms. The number of hydrogen-bond acceptors (Lipinski definition) is 4. The van der Waals surface area contributed by atoms with Crippen LogP contribution in [0.4, 0.5) is 11.4 Å². The largest absolute Gasteiger partial charge is 0.496 e. The monoisotopic (exact) mass is 400 g/mol. The van der Waals surface area contributed by atoms with Gasteiger partial charge in [0.1, 0.15) is 5.75 Å². The second-order valence-corrected chi connectivity index (χ2v) is 9.24. The van der Waals surface area contributed by atoms with Crippen molar-refractivity contribution in [1.82, 2.24) is 0 Å². The highest BCUT2D eigenvalue weighted by atomic mass is 32.2. The number of carbonyl (C=O) groups excluding carboxylic acids is 1. The van der Waals surface area contributed by atoms with E-state index < -0.39 is 10.0 Å². The number of benzene rings is 2. The lowest BCUT2D eigenvalue weighted by atomic mass is 10.1. The Kier molecular flexibility index (Phi) is 4.57. The van der Waals surface area contributed by atoms with Crippen molar-refractivity contribution in [3.63, 3.8) is 0 Å². The van der Waals surface area contributed by atoms with Crippen LogP contribution in [0.1, 0.15) is 29.5 Å². The molecule has 1 aliphatic carbocycles. The van der Waals surface area contributed by atoms with Gasteiger partial charge in [0.05, 0.1) is 12.0 Å². The maximum Gasteiger partial charge on any atom is 0.261 e. The van der Waals surface area contributed by atoms with Gasteiger partial charge in [-0.1, -0.05) is 0 Å². The van der Waals surface area contributed by atoms with Crippen LogP contribution in [-0.2, 0) is 21.2 Å². The van der Waals surface area contributed by atoms with E-state index in [-0.39, 0.29) is 16.7 Å². The molecule has 1 N–H and O–H groups in total. The average Bonchev–Trinajstić information content (AvgIpc) is 3.40. The number of methoxy groups -OCH3 is 1. The highest BCUT2D eigenvalue weighted by Gasteiger charge is 2.36. The number of nitrogens with zero attached hydrogens (tertiary/aromatic N) is 1. The Labute approximate surface area is 165 Å². The van der Waals surface area contributed by atoms with Crippen LogP contribution in [0.15, 0.2) is 35.2 Å². The summed E-state index contributed by atoms with van der Waals surface area (Å²) < 4.78 is 33.7. The molecule has 1 heterocycles. The molecule has 148 valence electrons. The minimum atomic E-state index is -3.72. The fraction of sp³-hybridized carbons (Fsp3) is 0.381. The number of aryl methyl sites for hydroxylation is 2. The molecular formula is C21H24N2O4S. The minimum Gasteiger partial charge on any atom is -0.496 e. The van der Waals surface area contributed by atoms with Gasteiger partial charge < -0.3 is 9.64 Å². The second kappa shape index (κ2) is 6.81. The predicted octanol–water partition coefficient (Wildman–Crippen LogP) is 3.41. The van der Waals surface area contributed by atoms with E-state index >= 15 is 0 Å². The standard InChI is InChI=1S/C21H24N2O4S/c1-13-10-18(11-14(2)20(13)27-3)28(25,26)22-17-6-7-19-16(12-17)8-9-23(19)21(24)15-4-5-15/h6-7,10-12,15,22H,4-5,8-9H2,1-3H3. The van der Waals surface area contributed by atoms with Crippen LogP contribution in [0, 0.1) is 19.8 Å². The van der Waals surface area contributed by atoms with Crippen LogP contribution in [0.25, 0.3) is 0 Å². The topological polar surface area (TPSA) is 75.7 Å². The van der Waals surface area contributed by atoms with E-state index in [1.807, 2.05) is 30.9 Å². The van der Waals surface area contributed by atoms with Crippen molar-refractivity contribution in [3.8, 4) is 5.75 Å². The van der Waals surface area contributed by atoms with Crippen molar-refractivity contribution < 1.29 is 17.9 Å². The Hall–Kier alpha value is -2.54. The molecule has 2 aromatic rings. The third-order valence-electron chi connectivity index (χ3n) is 5.37. The normalized spacial score (nSPS) is 16.0.